The number of hydrogen-bond donors (Lipinski definition) is 0. The highest BCUT2D eigenvalue weighted by Gasteiger charge is 2.43. The lowest BCUT2D eigenvalue weighted by atomic mass is 9.74. The fraction of sp³-hybridized carbons (Fsp3) is 0.360. The van der Waals surface area contributed by atoms with Crippen molar-refractivity contribution in [1.82, 2.24) is 9.97 Å². The molecule has 0 fully saturated rings. The van der Waals surface area contributed by atoms with Crippen LogP contribution in [0, 0.1) is 5.41 Å². The van der Waals surface area contributed by atoms with Gasteiger partial charge in [-0.25, -0.2) is 0 Å². The summed E-state index contributed by atoms with van der Waals surface area (Å²) in [6.45, 7) is 27.2. The Morgan fingerprint density at radius 1 is 0.537 bits per heavy atom. The van der Waals surface area contributed by atoms with Crippen LogP contribution in [0.1, 0.15) is 112 Å². The molecule has 1 aliphatic carbocycles. The van der Waals surface area contributed by atoms with Gasteiger partial charge in [-0.1, -0.05) is 107 Å². The molecule has 0 saturated heterocycles. The average molecular weight is 711 g/mol. The Morgan fingerprint density at radius 3 is 1.83 bits per heavy atom. The van der Waals surface area contributed by atoms with E-state index in [-0.39, 0.29) is 33.7 Å². The van der Waals surface area contributed by atoms with Crippen LogP contribution < -0.4 is 15.3 Å². The summed E-state index contributed by atoms with van der Waals surface area (Å²) < 4.78 is 14.3. The highest BCUT2D eigenvalue weighted by molar-refractivity contribution is 6.31. The van der Waals surface area contributed by atoms with Crippen molar-refractivity contribution in [2.45, 2.75) is 111 Å². The van der Waals surface area contributed by atoms with Crippen LogP contribution >= 0.6 is 0 Å². The maximum absolute atomic E-state index is 7.20. The summed E-state index contributed by atoms with van der Waals surface area (Å²) in [5.74, 6) is 1.09. The zero-order valence-corrected chi connectivity index (χ0v) is 33.8. The molecule has 4 heteroatoms. The van der Waals surface area contributed by atoms with Crippen LogP contribution in [0.5, 0.6) is 5.75 Å². The molecule has 10 rings (SSSR count). The van der Waals surface area contributed by atoms with Gasteiger partial charge in [-0.05, 0) is 75.7 Å². The number of nitrogens with zero attached hydrogens (tertiary/aromatic N) is 2. The number of hydrogen-bond acceptors (Lipinski definition) is 4. The molecule has 272 valence electrons. The van der Waals surface area contributed by atoms with E-state index in [1.165, 1.54) is 48.8 Å². The van der Waals surface area contributed by atoms with Crippen LogP contribution in [0.15, 0.2) is 71.1 Å². The Bertz CT molecular complexity index is 3060. The van der Waals surface area contributed by atoms with Gasteiger partial charge in [0.1, 0.15) is 23.0 Å². The number of pyridine rings is 2. The Morgan fingerprint density at radius 2 is 1.15 bits per heavy atom. The molecule has 0 amide bonds. The standard InChI is InChI=1S/C50H50N2O2/c1-47(2,3)37-19-17-27-35(51-37)23-33-31-21-25-13-16-30-40-26(14-15-29(39(25)40)43(31)53-45(33)41(27)49(7,8)9)22-32-34-24-36-28(18-20-38(52-36)48(4,5)6)42(50(10,11)12)46(34)54-44(30)32/h13-24,33,45H,1-12H3. The van der Waals surface area contributed by atoms with E-state index in [4.69, 9.17) is 19.1 Å². The Labute approximate surface area is 317 Å². The number of aromatic nitrogens is 2. The van der Waals surface area contributed by atoms with Crippen molar-refractivity contribution in [3.63, 3.8) is 0 Å². The van der Waals surface area contributed by atoms with Crippen LogP contribution in [-0.2, 0) is 16.2 Å². The second-order valence-electron chi connectivity index (χ2n) is 20.2. The third-order valence-corrected chi connectivity index (χ3v) is 12.1. The highest BCUT2D eigenvalue weighted by Crippen LogP contribution is 2.53. The summed E-state index contributed by atoms with van der Waals surface area (Å²) in [7, 11) is 0. The third-order valence-electron chi connectivity index (χ3n) is 12.1. The van der Waals surface area contributed by atoms with E-state index >= 15 is 0 Å². The molecular formula is C50H50N2O2. The highest BCUT2D eigenvalue weighted by atomic mass is 16.5. The van der Waals surface area contributed by atoms with Crippen molar-refractivity contribution < 1.29 is 9.15 Å². The van der Waals surface area contributed by atoms with Gasteiger partial charge in [-0.15, -0.1) is 0 Å². The van der Waals surface area contributed by atoms with Crippen molar-refractivity contribution in [1.29, 1.82) is 0 Å². The molecule has 3 aromatic heterocycles. The molecular weight excluding hydrogens is 661 g/mol. The van der Waals surface area contributed by atoms with E-state index in [1.54, 1.807) is 0 Å². The minimum Gasteiger partial charge on any atom is -0.484 e. The van der Waals surface area contributed by atoms with E-state index in [0.29, 0.717) is 0 Å². The van der Waals surface area contributed by atoms with E-state index in [0.717, 1.165) is 60.7 Å². The Kier molecular flexibility index (Phi) is 6.48. The van der Waals surface area contributed by atoms with Crippen LogP contribution in [0.2, 0.25) is 0 Å². The van der Waals surface area contributed by atoms with Gasteiger partial charge >= 0.3 is 0 Å². The normalized spacial score (nSPS) is 17.9. The number of furan rings is 1. The fourth-order valence-electron chi connectivity index (χ4n) is 9.62. The van der Waals surface area contributed by atoms with Crippen molar-refractivity contribution in [3.8, 4) is 5.75 Å². The van der Waals surface area contributed by atoms with Crippen molar-refractivity contribution >= 4 is 76.8 Å². The SMILES string of the molecule is CC(C)(C)C1=c2ccc(C(C)(C)C)nc2=CC2c3cc4ccc5c6oc7c(C(C)(C)C)c8ccc(C(C)(C)C)nc8cc7c6cc6ccc(c3OC12)c4c65. The maximum atomic E-state index is 7.20. The molecule has 2 atom stereocenters. The number of fused-ring (bicyclic) bond motifs is 10. The first-order valence-corrected chi connectivity index (χ1v) is 19.6. The van der Waals surface area contributed by atoms with Crippen LogP contribution in [0.4, 0.5) is 0 Å². The predicted molar refractivity (Wildman–Crippen MR) is 227 cm³/mol. The number of ether oxygens (including phenoxy) is 1. The molecule has 4 nitrogen and oxygen atoms in total. The predicted octanol–water partition coefficient (Wildman–Crippen LogP) is 11.9. The number of rotatable bonds is 0. The van der Waals surface area contributed by atoms with Gasteiger partial charge in [0, 0.05) is 82.2 Å². The van der Waals surface area contributed by atoms with Gasteiger partial charge in [0.2, 0.25) is 0 Å². The zero-order chi connectivity index (χ0) is 38.0. The Hall–Kier alpha value is -4.96. The molecule has 0 bridgehead atoms. The molecule has 0 saturated carbocycles. The lowest BCUT2D eigenvalue weighted by Crippen LogP contribution is -2.45. The van der Waals surface area contributed by atoms with Crippen LogP contribution in [0.25, 0.3) is 76.8 Å². The average Bonchev–Trinajstić information content (AvgIpc) is 3.63. The zero-order valence-electron chi connectivity index (χ0n) is 33.8. The summed E-state index contributed by atoms with van der Waals surface area (Å²) in [6, 6.07) is 25.1. The van der Waals surface area contributed by atoms with Crippen molar-refractivity contribution in [2.24, 2.45) is 5.41 Å². The van der Waals surface area contributed by atoms with Gasteiger partial charge in [-0.3, -0.25) is 9.97 Å². The van der Waals surface area contributed by atoms with E-state index < -0.39 is 0 Å². The van der Waals surface area contributed by atoms with Crippen molar-refractivity contribution in [2.75, 3.05) is 0 Å². The van der Waals surface area contributed by atoms with E-state index in [9.17, 15) is 0 Å². The summed E-state index contributed by atoms with van der Waals surface area (Å²) >= 11 is 0. The van der Waals surface area contributed by atoms with Gasteiger partial charge in [0.15, 0.2) is 0 Å². The first-order chi connectivity index (χ1) is 25.3. The maximum Gasteiger partial charge on any atom is 0.143 e. The molecule has 2 unspecified atom stereocenters. The second-order valence-corrected chi connectivity index (χ2v) is 20.2. The molecule has 5 aromatic carbocycles. The largest absolute Gasteiger partial charge is 0.484 e. The minimum atomic E-state index is -0.152. The fourth-order valence-corrected chi connectivity index (χ4v) is 9.62. The molecule has 8 aromatic rings. The lowest BCUT2D eigenvalue weighted by Gasteiger charge is -2.32. The summed E-state index contributed by atoms with van der Waals surface area (Å²) in [4.78, 5) is 10.5. The van der Waals surface area contributed by atoms with Crippen LogP contribution in [0.3, 0.4) is 0 Å². The smallest absolute Gasteiger partial charge is 0.143 e. The Balaban J connectivity index is 1.24. The molecule has 0 N–H and O–H groups in total. The van der Waals surface area contributed by atoms with Gasteiger partial charge < -0.3 is 9.15 Å². The topological polar surface area (TPSA) is 48.2 Å². The molecule has 0 radical (unpaired) electrons. The molecule has 54 heavy (non-hydrogen) atoms. The first kappa shape index (κ1) is 33.6. The first-order valence-electron chi connectivity index (χ1n) is 19.6. The van der Waals surface area contributed by atoms with Gasteiger partial charge in [0.05, 0.1) is 10.9 Å². The number of benzene rings is 5. The third kappa shape index (κ3) is 4.61. The second kappa shape index (κ2) is 10.4. The monoisotopic (exact) mass is 710 g/mol. The van der Waals surface area contributed by atoms with E-state index in [1.807, 2.05) is 0 Å². The van der Waals surface area contributed by atoms with Gasteiger partial charge in [-0.2, -0.15) is 0 Å². The summed E-state index contributed by atoms with van der Waals surface area (Å²) in [5, 5.41) is 12.9. The molecule has 2 aliphatic rings. The molecule has 0 spiro atoms. The molecule has 4 heterocycles. The quantitative estimate of drug-likeness (QED) is 0.147. The van der Waals surface area contributed by atoms with E-state index in [2.05, 4.69) is 156 Å². The lowest BCUT2D eigenvalue weighted by molar-refractivity contribution is 0.262. The van der Waals surface area contributed by atoms with Gasteiger partial charge in [0.25, 0.3) is 0 Å². The molecule has 1 aliphatic heterocycles. The van der Waals surface area contributed by atoms with Crippen LogP contribution in [-0.4, -0.2) is 16.1 Å². The summed E-state index contributed by atoms with van der Waals surface area (Å²) in [6.07, 6.45) is 2.30. The summed E-state index contributed by atoms with van der Waals surface area (Å²) in [5.41, 5.74) is 8.59. The minimum absolute atomic E-state index is 0.0324. The van der Waals surface area contributed by atoms with Crippen molar-refractivity contribution in [3.05, 3.63) is 99.8 Å².